The first kappa shape index (κ1) is 20.9. The highest BCUT2D eigenvalue weighted by Gasteiger charge is 2.28. The van der Waals surface area contributed by atoms with Gasteiger partial charge in [0.05, 0.1) is 18.3 Å². The van der Waals surface area contributed by atoms with Gasteiger partial charge < -0.3 is 15.1 Å². The molecule has 0 saturated carbocycles. The van der Waals surface area contributed by atoms with Crippen LogP contribution in [0.25, 0.3) is 0 Å². The number of carbonyl (C=O) groups is 2. The fourth-order valence-electron chi connectivity index (χ4n) is 4.03. The van der Waals surface area contributed by atoms with E-state index in [0.29, 0.717) is 6.54 Å². The molecule has 2 amide bonds. The number of nitrogens with zero attached hydrogens (tertiary/aromatic N) is 1. The number of rotatable bonds is 6. The first-order chi connectivity index (χ1) is 15.1. The zero-order valence-electron chi connectivity index (χ0n) is 17.6. The number of carbonyl (C=O) groups excluding carboxylic acids is 2. The van der Waals surface area contributed by atoms with Crippen molar-refractivity contribution in [3.63, 3.8) is 0 Å². The molecule has 160 valence electrons. The van der Waals surface area contributed by atoms with E-state index in [9.17, 15) is 9.59 Å². The van der Waals surface area contributed by atoms with Crippen LogP contribution in [-0.4, -0.2) is 29.8 Å². The predicted octanol–water partition coefficient (Wildman–Crippen LogP) is 3.37. The maximum atomic E-state index is 12.5. The Balaban J connectivity index is 1.39. The molecule has 3 aromatic rings. The zero-order chi connectivity index (χ0) is 21.6. The Morgan fingerprint density at radius 1 is 0.968 bits per heavy atom. The minimum atomic E-state index is -0.642. The average Bonchev–Trinajstić information content (AvgIpc) is 3.34. The third kappa shape index (κ3) is 5.03. The number of fused-ring (bicyclic) bond motifs is 1. The van der Waals surface area contributed by atoms with E-state index in [4.69, 9.17) is 4.42 Å². The lowest BCUT2D eigenvalue weighted by Crippen LogP contribution is -2.45. The second-order valence-corrected chi connectivity index (χ2v) is 7.84. The van der Waals surface area contributed by atoms with Gasteiger partial charge in [-0.1, -0.05) is 54.6 Å². The van der Waals surface area contributed by atoms with Crippen LogP contribution in [0.15, 0.2) is 77.4 Å². The monoisotopic (exact) mass is 417 g/mol. The van der Waals surface area contributed by atoms with Gasteiger partial charge >= 0.3 is 11.8 Å². The summed E-state index contributed by atoms with van der Waals surface area (Å²) in [4.78, 5) is 27.2. The Kier molecular flexibility index (Phi) is 6.48. The number of nitrogens with one attached hydrogen (secondary N) is 2. The van der Waals surface area contributed by atoms with Gasteiger partial charge in [0, 0.05) is 19.6 Å². The number of hydrogen-bond donors (Lipinski definition) is 2. The summed E-state index contributed by atoms with van der Waals surface area (Å²) >= 11 is 0. The molecule has 0 saturated heterocycles. The van der Waals surface area contributed by atoms with Crippen molar-refractivity contribution in [3.05, 3.63) is 95.4 Å². The highest BCUT2D eigenvalue weighted by molar-refractivity contribution is 6.35. The summed E-state index contributed by atoms with van der Waals surface area (Å²) in [5.41, 5.74) is 3.59. The second kappa shape index (κ2) is 9.62. The largest absolute Gasteiger partial charge is 0.468 e. The number of furan rings is 1. The van der Waals surface area contributed by atoms with Crippen molar-refractivity contribution < 1.29 is 14.0 Å². The lowest BCUT2D eigenvalue weighted by atomic mass is 9.98. The molecule has 2 aromatic carbocycles. The Morgan fingerprint density at radius 2 is 1.71 bits per heavy atom. The molecule has 0 unspecified atom stereocenters. The second-order valence-electron chi connectivity index (χ2n) is 7.84. The number of hydrogen-bond acceptors (Lipinski definition) is 4. The van der Waals surface area contributed by atoms with Crippen LogP contribution in [-0.2, 0) is 22.6 Å². The van der Waals surface area contributed by atoms with E-state index < -0.39 is 11.8 Å². The molecular formula is C25H27N3O3. The summed E-state index contributed by atoms with van der Waals surface area (Å²) in [6, 6.07) is 21.3. The predicted molar refractivity (Wildman–Crippen MR) is 118 cm³/mol. The van der Waals surface area contributed by atoms with Gasteiger partial charge in [-0.05, 0) is 42.2 Å². The molecule has 0 radical (unpaired) electrons. The summed E-state index contributed by atoms with van der Waals surface area (Å²) in [6.45, 7) is 3.78. The number of benzene rings is 2. The maximum absolute atomic E-state index is 12.5. The molecule has 1 aliphatic heterocycles. The van der Waals surface area contributed by atoms with E-state index in [1.54, 1.807) is 6.26 Å². The molecule has 0 aliphatic carbocycles. The Morgan fingerprint density at radius 3 is 2.45 bits per heavy atom. The van der Waals surface area contributed by atoms with Crippen molar-refractivity contribution in [2.45, 2.75) is 32.0 Å². The fourth-order valence-corrected chi connectivity index (χ4v) is 4.03. The summed E-state index contributed by atoms with van der Waals surface area (Å²) < 4.78 is 5.66. The van der Waals surface area contributed by atoms with Gasteiger partial charge in [0.2, 0.25) is 0 Å². The fraction of sp³-hybridized carbons (Fsp3) is 0.280. The van der Waals surface area contributed by atoms with E-state index in [2.05, 4.69) is 33.7 Å². The highest BCUT2D eigenvalue weighted by atomic mass is 16.3. The Labute approximate surface area is 182 Å². The topological polar surface area (TPSA) is 74.6 Å². The summed E-state index contributed by atoms with van der Waals surface area (Å²) in [6.07, 6.45) is 2.58. The third-order valence-corrected chi connectivity index (χ3v) is 5.78. The third-order valence-electron chi connectivity index (χ3n) is 5.78. The molecule has 2 heterocycles. The van der Waals surface area contributed by atoms with Crippen LogP contribution < -0.4 is 10.6 Å². The minimum Gasteiger partial charge on any atom is -0.468 e. The molecule has 4 rings (SSSR count). The SMILES string of the molecule is C[C@H](NC(=O)C(=O)NC[C@@H](c1ccco1)N1CCc2ccccc2C1)c1ccccc1. The van der Waals surface area contributed by atoms with Gasteiger partial charge in [0.15, 0.2) is 0 Å². The minimum absolute atomic E-state index is 0.147. The first-order valence-electron chi connectivity index (χ1n) is 10.6. The zero-order valence-corrected chi connectivity index (χ0v) is 17.6. The smallest absolute Gasteiger partial charge is 0.309 e. The lowest BCUT2D eigenvalue weighted by molar-refractivity contribution is -0.139. The van der Waals surface area contributed by atoms with Crippen molar-refractivity contribution in [1.29, 1.82) is 0 Å². The maximum Gasteiger partial charge on any atom is 0.309 e. The van der Waals surface area contributed by atoms with E-state index in [1.165, 1.54) is 11.1 Å². The summed E-state index contributed by atoms with van der Waals surface area (Å²) in [7, 11) is 0. The highest BCUT2D eigenvalue weighted by Crippen LogP contribution is 2.27. The molecule has 6 heteroatoms. The molecule has 0 bridgehead atoms. The standard InChI is InChI=1S/C25H27N3O3/c1-18(19-8-3-2-4-9-19)27-25(30)24(29)26-16-22(23-12-7-15-31-23)28-14-13-20-10-5-6-11-21(20)17-28/h2-12,15,18,22H,13-14,16-17H2,1H3,(H,26,29)(H,27,30)/t18-,22-/m0/s1. The van der Waals surface area contributed by atoms with Crippen molar-refractivity contribution in [1.82, 2.24) is 15.5 Å². The Hall–Kier alpha value is -3.38. The van der Waals surface area contributed by atoms with Crippen LogP contribution in [0.3, 0.4) is 0 Å². The van der Waals surface area contributed by atoms with Gasteiger partial charge in [0.1, 0.15) is 5.76 Å². The van der Waals surface area contributed by atoms with E-state index in [-0.39, 0.29) is 12.1 Å². The van der Waals surface area contributed by atoms with Gasteiger partial charge in [-0.2, -0.15) is 0 Å². The van der Waals surface area contributed by atoms with Gasteiger partial charge in [0.25, 0.3) is 0 Å². The first-order valence-corrected chi connectivity index (χ1v) is 10.6. The molecule has 0 spiro atoms. The van der Waals surface area contributed by atoms with Crippen LogP contribution >= 0.6 is 0 Å². The molecule has 1 aliphatic rings. The van der Waals surface area contributed by atoms with Gasteiger partial charge in [-0.25, -0.2) is 0 Å². The van der Waals surface area contributed by atoms with Crippen LogP contribution in [0.2, 0.25) is 0 Å². The molecule has 2 N–H and O–H groups in total. The normalized spacial score (nSPS) is 15.5. The van der Waals surface area contributed by atoms with Crippen molar-refractivity contribution in [2.75, 3.05) is 13.1 Å². The molecular weight excluding hydrogens is 390 g/mol. The van der Waals surface area contributed by atoms with Crippen LogP contribution in [0, 0.1) is 0 Å². The van der Waals surface area contributed by atoms with Gasteiger partial charge in [-0.15, -0.1) is 0 Å². The van der Waals surface area contributed by atoms with Crippen LogP contribution in [0.4, 0.5) is 0 Å². The van der Waals surface area contributed by atoms with Crippen molar-refractivity contribution in [2.24, 2.45) is 0 Å². The van der Waals surface area contributed by atoms with Gasteiger partial charge in [-0.3, -0.25) is 14.5 Å². The lowest BCUT2D eigenvalue weighted by Gasteiger charge is -2.34. The molecule has 0 fully saturated rings. The quantitative estimate of drug-likeness (QED) is 0.603. The summed E-state index contributed by atoms with van der Waals surface area (Å²) in [5, 5.41) is 5.56. The van der Waals surface area contributed by atoms with Crippen molar-refractivity contribution in [3.8, 4) is 0 Å². The Bertz CT molecular complexity index is 1020. The molecule has 2 atom stereocenters. The van der Waals surface area contributed by atoms with Crippen LogP contribution in [0.5, 0.6) is 0 Å². The van der Waals surface area contributed by atoms with Crippen LogP contribution in [0.1, 0.15) is 41.5 Å². The average molecular weight is 418 g/mol. The van der Waals surface area contributed by atoms with E-state index in [0.717, 1.165) is 30.8 Å². The molecule has 1 aromatic heterocycles. The number of amides is 2. The molecule has 31 heavy (non-hydrogen) atoms. The van der Waals surface area contributed by atoms with Crippen molar-refractivity contribution >= 4 is 11.8 Å². The molecule has 6 nitrogen and oxygen atoms in total. The van der Waals surface area contributed by atoms with E-state index >= 15 is 0 Å². The summed E-state index contributed by atoms with van der Waals surface area (Å²) in [5.74, 6) is -0.506. The van der Waals surface area contributed by atoms with E-state index in [1.807, 2.05) is 55.5 Å².